The summed E-state index contributed by atoms with van der Waals surface area (Å²) in [7, 11) is -3.77. The number of Topliss-reactive ketones (excluding diaryl/α,β-unsaturated/α-hetero) is 1. The van der Waals surface area contributed by atoms with Gasteiger partial charge in [-0.25, -0.2) is 17.8 Å². The number of benzene rings is 2. The Morgan fingerprint density at radius 1 is 1.00 bits per heavy atom. The van der Waals surface area contributed by atoms with E-state index in [1.165, 1.54) is 54.7 Å². The third kappa shape index (κ3) is 5.69. The molecule has 10 heteroatoms. The number of hydrogen-bond donors (Lipinski definition) is 2. The van der Waals surface area contributed by atoms with Gasteiger partial charge in [-0.1, -0.05) is 0 Å². The maximum Gasteiger partial charge on any atom is 0.263 e. The average Bonchev–Trinajstić information content (AvgIpc) is 3.19. The van der Waals surface area contributed by atoms with Gasteiger partial charge in [-0.05, 0) is 48.5 Å². The second-order valence-electron chi connectivity index (χ2n) is 5.95. The Bertz CT molecular complexity index is 1100. The number of thiazole rings is 1. The second-order valence-corrected chi connectivity index (χ2v) is 8.52. The fourth-order valence-corrected chi connectivity index (χ4v) is 4.18. The zero-order valence-electron chi connectivity index (χ0n) is 15.0. The first kappa shape index (κ1) is 20.6. The van der Waals surface area contributed by atoms with Crippen LogP contribution in [0.5, 0.6) is 0 Å². The van der Waals surface area contributed by atoms with E-state index in [1.807, 2.05) is 0 Å². The van der Waals surface area contributed by atoms with Gasteiger partial charge in [0.2, 0.25) is 5.91 Å². The van der Waals surface area contributed by atoms with Gasteiger partial charge in [-0.2, -0.15) is 0 Å². The predicted molar refractivity (Wildman–Crippen MR) is 108 cm³/mol. The number of carbonyl (C=O) groups is 2. The minimum absolute atomic E-state index is 0.0252. The highest BCUT2D eigenvalue weighted by molar-refractivity contribution is 7.93. The molecule has 0 aliphatic rings. The maximum absolute atomic E-state index is 12.9. The summed E-state index contributed by atoms with van der Waals surface area (Å²) in [6, 6.07) is 10.7. The van der Waals surface area contributed by atoms with Crippen LogP contribution in [0.3, 0.4) is 0 Å². The smallest absolute Gasteiger partial charge is 0.263 e. The van der Waals surface area contributed by atoms with Crippen molar-refractivity contribution in [3.05, 3.63) is 71.5 Å². The molecule has 0 aliphatic heterocycles. The second kappa shape index (κ2) is 8.93. The fraction of sp³-hybridized carbons (Fsp3) is 0.105. The van der Waals surface area contributed by atoms with Crippen LogP contribution in [0.4, 0.5) is 15.2 Å². The number of halogens is 1. The lowest BCUT2D eigenvalue weighted by atomic mass is 10.1. The zero-order valence-corrected chi connectivity index (χ0v) is 16.6. The van der Waals surface area contributed by atoms with Crippen molar-refractivity contribution in [3.8, 4) is 0 Å². The first-order valence-corrected chi connectivity index (χ1v) is 10.8. The summed E-state index contributed by atoms with van der Waals surface area (Å²) in [4.78, 5) is 27.9. The van der Waals surface area contributed by atoms with Gasteiger partial charge in [0.1, 0.15) is 5.82 Å². The van der Waals surface area contributed by atoms with Crippen LogP contribution in [0.25, 0.3) is 0 Å². The third-order valence-corrected chi connectivity index (χ3v) is 6.02. The Labute approximate surface area is 170 Å². The molecule has 150 valence electrons. The number of rotatable bonds is 8. The highest BCUT2D eigenvalue weighted by atomic mass is 32.2. The lowest BCUT2D eigenvalue weighted by Gasteiger charge is -2.08. The molecule has 1 heterocycles. The Hall–Kier alpha value is -3.11. The van der Waals surface area contributed by atoms with Crippen LogP contribution < -0.4 is 10.0 Å². The molecule has 0 saturated heterocycles. The summed E-state index contributed by atoms with van der Waals surface area (Å²) >= 11 is 1.16. The first-order valence-electron chi connectivity index (χ1n) is 8.44. The molecule has 7 nitrogen and oxygen atoms in total. The van der Waals surface area contributed by atoms with Crippen molar-refractivity contribution in [3.63, 3.8) is 0 Å². The van der Waals surface area contributed by atoms with Gasteiger partial charge in [0.25, 0.3) is 10.0 Å². The van der Waals surface area contributed by atoms with E-state index in [9.17, 15) is 22.4 Å². The molecule has 3 aromatic rings. The molecule has 0 bridgehead atoms. The van der Waals surface area contributed by atoms with E-state index in [2.05, 4.69) is 15.0 Å². The minimum atomic E-state index is -3.77. The third-order valence-electron chi connectivity index (χ3n) is 3.85. The summed E-state index contributed by atoms with van der Waals surface area (Å²) in [5.41, 5.74) is 0.735. The van der Waals surface area contributed by atoms with E-state index in [-0.39, 0.29) is 28.7 Å². The first-order chi connectivity index (χ1) is 13.8. The number of anilines is 2. The molecular formula is C19H16FN3O4S2. The molecule has 0 spiro atoms. The predicted octanol–water partition coefficient (Wildman–Crippen LogP) is 3.68. The van der Waals surface area contributed by atoms with E-state index in [0.29, 0.717) is 11.3 Å². The molecule has 0 unspecified atom stereocenters. The van der Waals surface area contributed by atoms with Gasteiger partial charge in [0.15, 0.2) is 10.9 Å². The molecule has 0 aliphatic carbocycles. The fourth-order valence-electron chi connectivity index (χ4n) is 2.40. The van der Waals surface area contributed by atoms with Gasteiger partial charge < -0.3 is 5.32 Å². The molecule has 3 rings (SSSR count). The average molecular weight is 433 g/mol. The summed E-state index contributed by atoms with van der Waals surface area (Å²) in [6.45, 7) is 0. The van der Waals surface area contributed by atoms with Crippen LogP contribution in [0.2, 0.25) is 0 Å². The number of amides is 1. The Morgan fingerprint density at radius 2 is 1.69 bits per heavy atom. The summed E-state index contributed by atoms with van der Waals surface area (Å²) < 4.78 is 39.8. The SMILES string of the molecule is O=C(CCC(=O)c1ccc(F)cc1)Nc1ccc(S(=O)(=O)Nc2nccs2)cc1. The number of aromatic nitrogens is 1. The summed E-state index contributed by atoms with van der Waals surface area (Å²) in [5, 5.41) is 4.51. The van der Waals surface area contributed by atoms with Crippen molar-refractivity contribution in [1.82, 2.24) is 4.98 Å². The highest BCUT2D eigenvalue weighted by Gasteiger charge is 2.16. The minimum Gasteiger partial charge on any atom is -0.326 e. The normalized spacial score (nSPS) is 11.1. The van der Waals surface area contributed by atoms with Gasteiger partial charge in [-0.15, -0.1) is 11.3 Å². The van der Waals surface area contributed by atoms with Gasteiger partial charge in [0, 0.05) is 35.7 Å². The van der Waals surface area contributed by atoms with Crippen molar-refractivity contribution in [1.29, 1.82) is 0 Å². The van der Waals surface area contributed by atoms with Crippen LogP contribution in [-0.2, 0) is 14.8 Å². The van der Waals surface area contributed by atoms with Crippen molar-refractivity contribution in [2.24, 2.45) is 0 Å². The Morgan fingerprint density at radius 3 is 2.31 bits per heavy atom. The van der Waals surface area contributed by atoms with Crippen molar-refractivity contribution in [2.75, 3.05) is 10.0 Å². The largest absolute Gasteiger partial charge is 0.326 e. The van der Waals surface area contributed by atoms with Gasteiger partial charge >= 0.3 is 0 Å². The van der Waals surface area contributed by atoms with E-state index in [1.54, 1.807) is 5.38 Å². The quantitative estimate of drug-likeness (QED) is 0.527. The van der Waals surface area contributed by atoms with Crippen LogP contribution in [-0.4, -0.2) is 25.1 Å². The van der Waals surface area contributed by atoms with Crippen LogP contribution in [0.1, 0.15) is 23.2 Å². The molecule has 0 fully saturated rings. The van der Waals surface area contributed by atoms with Crippen LogP contribution in [0, 0.1) is 5.82 Å². The van der Waals surface area contributed by atoms with E-state index < -0.39 is 21.7 Å². The molecule has 0 saturated carbocycles. The Balaban J connectivity index is 1.54. The van der Waals surface area contributed by atoms with Crippen LogP contribution in [0.15, 0.2) is 65.0 Å². The van der Waals surface area contributed by atoms with E-state index in [4.69, 9.17) is 0 Å². The molecule has 2 aromatic carbocycles. The molecular weight excluding hydrogens is 417 g/mol. The summed E-state index contributed by atoms with van der Waals surface area (Å²) in [6.07, 6.45) is 1.41. The molecule has 1 amide bonds. The highest BCUT2D eigenvalue weighted by Crippen LogP contribution is 2.19. The number of hydrogen-bond acceptors (Lipinski definition) is 6. The zero-order chi connectivity index (χ0) is 20.9. The number of carbonyl (C=O) groups excluding carboxylic acids is 2. The standard InChI is InChI=1S/C19H16FN3O4S2/c20-14-3-1-13(2-4-14)17(24)9-10-18(25)22-15-5-7-16(8-6-15)29(26,27)23-19-21-11-12-28-19/h1-8,11-12H,9-10H2,(H,21,23)(H,22,25). The number of nitrogens with one attached hydrogen (secondary N) is 2. The monoisotopic (exact) mass is 433 g/mol. The number of nitrogens with zero attached hydrogens (tertiary/aromatic N) is 1. The van der Waals surface area contributed by atoms with Gasteiger partial charge in [-0.3, -0.25) is 14.3 Å². The lowest BCUT2D eigenvalue weighted by Crippen LogP contribution is -2.15. The van der Waals surface area contributed by atoms with Gasteiger partial charge in [0.05, 0.1) is 4.90 Å². The van der Waals surface area contributed by atoms with Crippen molar-refractivity contribution >= 4 is 43.9 Å². The van der Waals surface area contributed by atoms with E-state index in [0.717, 1.165) is 11.3 Å². The van der Waals surface area contributed by atoms with Crippen molar-refractivity contribution in [2.45, 2.75) is 17.7 Å². The Kier molecular flexibility index (Phi) is 6.35. The molecule has 0 radical (unpaired) electrons. The van der Waals surface area contributed by atoms with E-state index >= 15 is 0 Å². The molecule has 1 aromatic heterocycles. The number of ketones is 1. The van der Waals surface area contributed by atoms with Crippen LogP contribution >= 0.6 is 11.3 Å². The molecule has 29 heavy (non-hydrogen) atoms. The molecule has 0 atom stereocenters. The topological polar surface area (TPSA) is 105 Å². The van der Waals surface area contributed by atoms with Crippen molar-refractivity contribution < 1.29 is 22.4 Å². The summed E-state index contributed by atoms with van der Waals surface area (Å²) in [5.74, 6) is -1.10. The number of sulfonamides is 1. The maximum atomic E-state index is 12.9. The lowest BCUT2D eigenvalue weighted by molar-refractivity contribution is -0.116. The molecule has 2 N–H and O–H groups in total.